The molecule has 0 saturated heterocycles. The highest BCUT2D eigenvalue weighted by atomic mass is 32.1. The molecule has 1 atom stereocenters. The van der Waals surface area contributed by atoms with Crippen LogP contribution in [0.4, 0.5) is 5.00 Å². The fourth-order valence-electron chi connectivity index (χ4n) is 2.26. The second kappa shape index (κ2) is 6.87. The fourth-order valence-corrected chi connectivity index (χ4v) is 4.09. The summed E-state index contributed by atoms with van der Waals surface area (Å²) in [6, 6.07) is 11.8. The molecule has 2 aromatic heterocycles. The zero-order chi connectivity index (χ0) is 16.2. The van der Waals surface area contributed by atoms with Crippen molar-refractivity contribution >= 4 is 43.8 Å². The minimum Gasteiger partial charge on any atom is -0.324 e. The van der Waals surface area contributed by atoms with E-state index in [0.717, 1.165) is 20.1 Å². The summed E-state index contributed by atoms with van der Waals surface area (Å²) >= 11 is 3.02. The average molecular weight is 343 g/mol. The number of likely N-dealkylation sites (N-methyl/N-ethyl adjacent to an activating group) is 1. The number of hydrogen-bond acceptors (Lipinski definition) is 5. The van der Waals surface area contributed by atoms with E-state index in [1.54, 1.807) is 22.8 Å². The number of fused-ring (bicyclic) bond motifs is 1. The molecule has 3 aromatic rings. The SMILES string of the molecule is C[NH+](CC(=O)Nc1sccc1C#N)Cc1nc2ccccc2s1. The molecule has 1 amide bonds. The van der Waals surface area contributed by atoms with Gasteiger partial charge in [-0.1, -0.05) is 12.1 Å². The molecule has 0 spiro atoms. The highest BCUT2D eigenvalue weighted by Crippen LogP contribution is 2.22. The van der Waals surface area contributed by atoms with Gasteiger partial charge in [-0.3, -0.25) is 4.79 Å². The number of nitrogens with one attached hydrogen (secondary N) is 2. The van der Waals surface area contributed by atoms with Crippen molar-refractivity contribution in [2.24, 2.45) is 0 Å². The lowest BCUT2D eigenvalue weighted by molar-refractivity contribution is -0.885. The monoisotopic (exact) mass is 343 g/mol. The molecule has 3 rings (SSSR count). The van der Waals surface area contributed by atoms with E-state index in [-0.39, 0.29) is 5.91 Å². The number of thiazole rings is 1. The van der Waals surface area contributed by atoms with Gasteiger partial charge in [-0.05, 0) is 23.6 Å². The Morgan fingerprint density at radius 2 is 2.22 bits per heavy atom. The summed E-state index contributed by atoms with van der Waals surface area (Å²) in [4.78, 5) is 17.7. The number of anilines is 1. The van der Waals surface area contributed by atoms with Crippen molar-refractivity contribution in [1.82, 2.24) is 4.98 Å². The maximum absolute atomic E-state index is 12.1. The van der Waals surface area contributed by atoms with Crippen LogP contribution in [0.2, 0.25) is 0 Å². The maximum atomic E-state index is 12.1. The zero-order valence-corrected chi connectivity index (χ0v) is 14.1. The van der Waals surface area contributed by atoms with Crippen LogP contribution in [0.1, 0.15) is 10.6 Å². The molecule has 5 nitrogen and oxygen atoms in total. The smallest absolute Gasteiger partial charge is 0.280 e. The van der Waals surface area contributed by atoms with Gasteiger partial charge in [-0.2, -0.15) is 5.26 Å². The van der Waals surface area contributed by atoms with Crippen LogP contribution < -0.4 is 10.2 Å². The van der Waals surface area contributed by atoms with E-state index in [0.29, 0.717) is 23.7 Å². The number of aromatic nitrogens is 1. The quantitative estimate of drug-likeness (QED) is 0.743. The van der Waals surface area contributed by atoms with Gasteiger partial charge in [0.15, 0.2) is 6.54 Å². The normalized spacial score (nSPS) is 12.0. The number of carbonyl (C=O) groups is 1. The molecular weight excluding hydrogens is 328 g/mol. The van der Waals surface area contributed by atoms with Crippen LogP contribution in [0.15, 0.2) is 35.7 Å². The maximum Gasteiger partial charge on any atom is 0.280 e. The Labute approximate surface area is 141 Å². The van der Waals surface area contributed by atoms with Crippen molar-refractivity contribution in [3.05, 3.63) is 46.3 Å². The van der Waals surface area contributed by atoms with E-state index in [2.05, 4.69) is 22.4 Å². The van der Waals surface area contributed by atoms with E-state index in [1.807, 2.05) is 25.2 Å². The predicted octanol–water partition coefficient (Wildman–Crippen LogP) is 1.88. The second-order valence-corrected chi connectivity index (χ2v) is 7.24. The second-order valence-electron chi connectivity index (χ2n) is 5.21. The van der Waals surface area contributed by atoms with Gasteiger partial charge in [0.05, 0.1) is 22.8 Å². The first-order chi connectivity index (χ1) is 11.2. The molecule has 0 saturated carbocycles. The molecule has 0 bridgehead atoms. The third-order valence-electron chi connectivity index (χ3n) is 3.29. The van der Waals surface area contributed by atoms with Crippen LogP contribution in [0.3, 0.4) is 0 Å². The Hall–Kier alpha value is -2.27. The standard InChI is InChI=1S/C16H14N4OS2/c1-20(9-14(21)19-16-11(8-17)6-7-22-16)10-15-18-12-4-2-3-5-13(12)23-15/h2-7H,9-10H2,1H3,(H,19,21)/p+1. The van der Waals surface area contributed by atoms with E-state index in [4.69, 9.17) is 5.26 Å². The number of nitrogens with zero attached hydrogens (tertiary/aromatic N) is 2. The van der Waals surface area contributed by atoms with Crippen LogP contribution in [0.5, 0.6) is 0 Å². The largest absolute Gasteiger partial charge is 0.324 e. The van der Waals surface area contributed by atoms with Gasteiger partial charge in [0.1, 0.15) is 22.6 Å². The summed E-state index contributed by atoms with van der Waals surface area (Å²) in [5, 5.41) is 15.2. The summed E-state index contributed by atoms with van der Waals surface area (Å²) in [5.41, 5.74) is 1.51. The van der Waals surface area contributed by atoms with Gasteiger partial charge < -0.3 is 10.2 Å². The Morgan fingerprint density at radius 1 is 1.39 bits per heavy atom. The lowest BCUT2D eigenvalue weighted by Gasteiger charge is -2.11. The van der Waals surface area contributed by atoms with E-state index in [9.17, 15) is 4.79 Å². The Balaban J connectivity index is 1.59. The fraction of sp³-hybridized carbons (Fsp3) is 0.188. The van der Waals surface area contributed by atoms with Crippen LogP contribution in [-0.2, 0) is 11.3 Å². The van der Waals surface area contributed by atoms with Crippen molar-refractivity contribution in [1.29, 1.82) is 5.26 Å². The Kier molecular flexibility index (Phi) is 4.67. The molecule has 0 fully saturated rings. The summed E-state index contributed by atoms with van der Waals surface area (Å²) in [6.07, 6.45) is 0. The molecule has 116 valence electrons. The number of quaternary nitrogens is 1. The van der Waals surface area contributed by atoms with E-state index in [1.165, 1.54) is 11.3 Å². The van der Waals surface area contributed by atoms with Crippen LogP contribution >= 0.6 is 22.7 Å². The topological polar surface area (TPSA) is 70.2 Å². The number of nitriles is 1. The van der Waals surface area contributed by atoms with Gasteiger partial charge in [-0.15, -0.1) is 22.7 Å². The molecule has 23 heavy (non-hydrogen) atoms. The summed E-state index contributed by atoms with van der Waals surface area (Å²) < 4.78 is 1.16. The number of rotatable bonds is 5. The van der Waals surface area contributed by atoms with Gasteiger partial charge in [0.25, 0.3) is 5.91 Å². The molecule has 1 aromatic carbocycles. The molecule has 2 heterocycles. The first-order valence-corrected chi connectivity index (χ1v) is 8.78. The van der Waals surface area contributed by atoms with Crippen molar-refractivity contribution in [2.45, 2.75) is 6.54 Å². The van der Waals surface area contributed by atoms with Crippen LogP contribution in [0.25, 0.3) is 10.2 Å². The number of amides is 1. The number of thiophene rings is 1. The number of para-hydroxylation sites is 1. The van der Waals surface area contributed by atoms with Crippen LogP contribution in [-0.4, -0.2) is 24.5 Å². The molecule has 0 aliphatic rings. The number of benzene rings is 1. The van der Waals surface area contributed by atoms with E-state index >= 15 is 0 Å². The van der Waals surface area contributed by atoms with E-state index < -0.39 is 0 Å². The summed E-state index contributed by atoms with van der Waals surface area (Å²) in [6.45, 7) is 1.03. The van der Waals surface area contributed by atoms with Gasteiger partial charge in [0.2, 0.25) is 0 Å². The third-order valence-corrected chi connectivity index (χ3v) is 5.16. The van der Waals surface area contributed by atoms with Crippen molar-refractivity contribution < 1.29 is 9.69 Å². The average Bonchev–Trinajstić information content (AvgIpc) is 3.12. The lowest BCUT2D eigenvalue weighted by Crippen LogP contribution is -3.08. The number of carbonyl (C=O) groups excluding carboxylic acids is 1. The first-order valence-electron chi connectivity index (χ1n) is 7.09. The third kappa shape index (κ3) is 3.74. The van der Waals surface area contributed by atoms with Crippen LogP contribution in [0, 0.1) is 11.3 Å². The molecule has 0 radical (unpaired) electrons. The molecule has 1 unspecified atom stereocenters. The molecule has 2 N–H and O–H groups in total. The molecular formula is C16H15N4OS2+. The highest BCUT2D eigenvalue weighted by molar-refractivity contribution is 7.18. The zero-order valence-electron chi connectivity index (χ0n) is 12.5. The van der Waals surface area contributed by atoms with Crippen molar-refractivity contribution in [3.8, 4) is 6.07 Å². The Bertz CT molecular complexity index is 844. The summed E-state index contributed by atoms with van der Waals surface area (Å²) in [5.74, 6) is -0.0949. The molecule has 0 aliphatic heterocycles. The molecule has 0 aliphatic carbocycles. The van der Waals surface area contributed by atoms with Crippen molar-refractivity contribution in [2.75, 3.05) is 18.9 Å². The van der Waals surface area contributed by atoms with Gasteiger partial charge in [-0.25, -0.2) is 4.98 Å². The van der Waals surface area contributed by atoms with Gasteiger partial charge >= 0.3 is 0 Å². The molecule has 7 heteroatoms. The minimum absolute atomic E-state index is 0.0949. The van der Waals surface area contributed by atoms with Crippen molar-refractivity contribution in [3.63, 3.8) is 0 Å². The number of hydrogen-bond donors (Lipinski definition) is 2. The lowest BCUT2D eigenvalue weighted by atomic mass is 10.3. The Morgan fingerprint density at radius 3 is 3.00 bits per heavy atom. The van der Waals surface area contributed by atoms with Gasteiger partial charge in [0, 0.05) is 0 Å². The highest BCUT2D eigenvalue weighted by Gasteiger charge is 2.15. The summed E-state index contributed by atoms with van der Waals surface area (Å²) in [7, 11) is 1.96. The first kappa shape index (κ1) is 15.6. The predicted molar refractivity (Wildman–Crippen MR) is 92.7 cm³/mol. The minimum atomic E-state index is -0.0949.